The fourth-order valence-corrected chi connectivity index (χ4v) is 1.71. The highest BCUT2D eigenvalue weighted by atomic mass is 35.5. The monoisotopic (exact) mass is 266 g/mol. The minimum Gasteiger partial charge on any atom is -0.289 e. The van der Waals surface area contributed by atoms with Crippen molar-refractivity contribution in [3.63, 3.8) is 0 Å². The lowest BCUT2D eigenvalue weighted by Gasteiger charge is -2.04. The number of aryl methyl sites for hydroxylation is 1. The van der Waals surface area contributed by atoms with Crippen molar-refractivity contribution in [3.05, 3.63) is 69.7 Å². The normalized spacial score (nSPS) is 10.4. The smallest absolute Gasteiger partial charge is 0.193 e. The van der Waals surface area contributed by atoms with Crippen LogP contribution in [0, 0.1) is 18.6 Å². The molecule has 1 nitrogen and oxygen atoms in total. The van der Waals surface area contributed by atoms with Crippen molar-refractivity contribution in [2.75, 3.05) is 0 Å². The van der Waals surface area contributed by atoms with Crippen LogP contribution in [0.2, 0.25) is 5.02 Å². The minimum absolute atomic E-state index is 0.107. The Morgan fingerprint density at radius 3 is 2.22 bits per heavy atom. The molecular formula is C14H9ClF2O. The number of carbonyl (C=O) groups is 1. The first-order valence-corrected chi connectivity index (χ1v) is 5.63. The molecule has 0 bridgehead atoms. The predicted octanol–water partition coefficient (Wildman–Crippen LogP) is 4.16. The summed E-state index contributed by atoms with van der Waals surface area (Å²) in [5, 5.41) is 0.553. The molecule has 0 aliphatic carbocycles. The first-order valence-electron chi connectivity index (χ1n) is 5.25. The van der Waals surface area contributed by atoms with Crippen LogP contribution >= 0.6 is 11.6 Å². The van der Waals surface area contributed by atoms with Crippen molar-refractivity contribution in [1.29, 1.82) is 0 Å². The Kier molecular flexibility index (Phi) is 3.43. The number of halogens is 3. The van der Waals surface area contributed by atoms with E-state index in [1.165, 1.54) is 6.07 Å². The van der Waals surface area contributed by atoms with Gasteiger partial charge in [0.05, 0.1) is 0 Å². The maximum atomic E-state index is 13.1. The Labute approximate surface area is 108 Å². The van der Waals surface area contributed by atoms with Crippen LogP contribution in [0.1, 0.15) is 21.5 Å². The maximum absolute atomic E-state index is 13.1. The molecule has 0 N–H and O–H groups in total. The summed E-state index contributed by atoms with van der Waals surface area (Å²) in [5.74, 6) is -2.38. The predicted molar refractivity (Wildman–Crippen MR) is 66.0 cm³/mol. The molecule has 18 heavy (non-hydrogen) atoms. The zero-order valence-corrected chi connectivity index (χ0v) is 10.3. The zero-order valence-electron chi connectivity index (χ0n) is 9.51. The molecule has 92 valence electrons. The topological polar surface area (TPSA) is 17.1 Å². The molecule has 2 aromatic rings. The maximum Gasteiger partial charge on any atom is 0.193 e. The highest BCUT2D eigenvalue weighted by Gasteiger charge is 2.12. The molecule has 2 rings (SSSR count). The number of rotatable bonds is 2. The zero-order chi connectivity index (χ0) is 13.3. The summed E-state index contributed by atoms with van der Waals surface area (Å²) in [5.41, 5.74) is 1.25. The number of carbonyl (C=O) groups excluding carboxylic acids is 1. The highest BCUT2D eigenvalue weighted by Crippen LogP contribution is 2.19. The van der Waals surface area contributed by atoms with E-state index >= 15 is 0 Å². The van der Waals surface area contributed by atoms with E-state index in [1.54, 1.807) is 25.1 Å². The van der Waals surface area contributed by atoms with Crippen LogP contribution in [0.5, 0.6) is 0 Å². The molecule has 0 spiro atoms. The third-order valence-corrected chi connectivity index (χ3v) is 3.03. The lowest BCUT2D eigenvalue weighted by Crippen LogP contribution is -2.03. The molecule has 0 heterocycles. The van der Waals surface area contributed by atoms with Crippen molar-refractivity contribution in [1.82, 2.24) is 0 Å². The van der Waals surface area contributed by atoms with Gasteiger partial charge < -0.3 is 0 Å². The molecule has 0 saturated heterocycles. The number of hydrogen-bond acceptors (Lipinski definition) is 1. The van der Waals surface area contributed by atoms with Crippen LogP contribution in [0.25, 0.3) is 0 Å². The molecular weight excluding hydrogens is 258 g/mol. The largest absolute Gasteiger partial charge is 0.289 e. The van der Waals surface area contributed by atoms with Crippen molar-refractivity contribution in [3.8, 4) is 0 Å². The Balaban J connectivity index is 2.41. The number of ketones is 1. The molecule has 0 fully saturated rings. The van der Waals surface area contributed by atoms with Crippen LogP contribution in [-0.2, 0) is 0 Å². The van der Waals surface area contributed by atoms with Gasteiger partial charge in [0.1, 0.15) is 0 Å². The molecule has 4 heteroatoms. The highest BCUT2D eigenvalue weighted by molar-refractivity contribution is 6.31. The fraction of sp³-hybridized carbons (Fsp3) is 0.0714. The molecule has 0 aromatic heterocycles. The van der Waals surface area contributed by atoms with E-state index in [2.05, 4.69) is 0 Å². The Bertz CT molecular complexity index is 570. The molecule has 0 aliphatic heterocycles. The van der Waals surface area contributed by atoms with E-state index in [1.807, 2.05) is 0 Å². The van der Waals surface area contributed by atoms with Crippen LogP contribution in [-0.4, -0.2) is 5.78 Å². The minimum atomic E-state index is -1.04. The van der Waals surface area contributed by atoms with Crippen molar-refractivity contribution >= 4 is 17.4 Å². The summed E-state index contributed by atoms with van der Waals surface area (Å²) in [6.45, 7) is 1.77. The van der Waals surface area contributed by atoms with Gasteiger partial charge in [0.25, 0.3) is 0 Å². The summed E-state index contributed by atoms with van der Waals surface area (Å²) < 4.78 is 25.8. The van der Waals surface area contributed by atoms with Gasteiger partial charge in [-0.25, -0.2) is 8.78 Å². The second kappa shape index (κ2) is 4.86. The SMILES string of the molecule is Cc1cc(C(=O)c2ccc(F)c(F)c2)ccc1Cl. The van der Waals surface area contributed by atoms with Gasteiger partial charge in [0, 0.05) is 16.1 Å². The number of benzene rings is 2. The summed E-state index contributed by atoms with van der Waals surface area (Å²) in [7, 11) is 0. The van der Waals surface area contributed by atoms with Gasteiger partial charge >= 0.3 is 0 Å². The molecule has 0 saturated carbocycles. The van der Waals surface area contributed by atoms with Gasteiger partial charge in [-0.15, -0.1) is 0 Å². The van der Waals surface area contributed by atoms with Crippen LogP contribution in [0.15, 0.2) is 36.4 Å². The first-order chi connectivity index (χ1) is 8.49. The molecule has 0 amide bonds. The van der Waals surface area contributed by atoms with Crippen LogP contribution in [0.4, 0.5) is 8.78 Å². The first kappa shape index (κ1) is 12.7. The van der Waals surface area contributed by atoms with E-state index in [9.17, 15) is 13.6 Å². The van der Waals surface area contributed by atoms with Gasteiger partial charge in [0.15, 0.2) is 17.4 Å². The average Bonchev–Trinajstić information content (AvgIpc) is 2.35. The molecule has 0 atom stereocenters. The summed E-state index contributed by atoms with van der Waals surface area (Å²) >= 11 is 5.86. The lowest BCUT2D eigenvalue weighted by molar-refractivity contribution is 0.103. The van der Waals surface area contributed by atoms with E-state index < -0.39 is 11.6 Å². The van der Waals surface area contributed by atoms with Gasteiger partial charge in [-0.3, -0.25) is 4.79 Å². The molecule has 0 unspecified atom stereocenters. The quantitative estimate of drug-likeness (QED) is 0.746. The van der Waals surface area contributed by atoms with Gasteiger partial charge in [-0.1, -0.05) is 11.6 Å². The van der Waals surface area contributed by atoms with Gasteiger partial charge in [-0.2, -0.15) is 0 Å². The van der Waals surface area contributed by atoms with Gasteiger partial charge in [-0.05, 0) is 48.9 Å². The third-order valence-electron chi connectivity index (χ3n) is 2.60. The van der Waals surface area contributed by atoms with Gasteiger partial charge in [0.2, 0.25) is 0 Å². The van der Waals surface area contributed by atoms with E-state index in [0.29, 0.717) is 10.6 Å². The molecule has 0 radical (unpaired) electrons. The second-order valence-electron chi connectivity index (χ2n) is 3.92. The van der Waals surface area contributed by atoms with E-state index in [-0.39, 0.29) is 11.3 Å². The third kappa shape index (κ3) is 2.41. The lowest BCUT2D eigenvalue weighted by atomic mass is 10.0. The van der Waals surface area contributed by atoms with Crippen LogP contribution < -0.4 is 0 Å². The second-order valence-corrected chi connectivity index (χ2v) is 4.33. The number of hydrogen-bond donors (Lipinski definition) is 0. The Morgan fingerprint density at radius 1 is 1.00 bits per heavy atom. The van der Waals surface area contributed by atoms with E-state index in [0.717, 1.165) is 17.7 Å². The molecule has 2 aromatic carbocycles. The average molecular weight is 267 g/mol. The van der Waals surface area contributed by atoms with Crippen LogP contribution in [0.3, 0.4) is 0 Å². The summed E-state index contributed by atoms with van der Waals surface area (Å²) in [6.07, 6.45) is 0. The van der Waals surface area contributed by atoms with Crippen molar-refractivity contribution in [2.24, 2.45) is 0 Å². The Hall–Kier alpha value is -1.74. The van der Waals surface area contributed by atoms with E-state index in [4.69, 9.17) is 11.6 Å². The summed E-state index contributed by atoms with van der Waals surface area (Å²) in [4.78, 5) is 12.0. The fourth-order valence-electron chi connectivity index (χ4n) is 1.59. The molecule has 0 aliphatic rings. The van der Waals surface area contributed by atoms with Crippen molar-refractivity contribution in [2.45, 2.75) is 6.92 Å². The standard InChI is InChI=1S/C14H9ClF2O/c1-8-6-9(2-4-11(8)15)14(18)10-3-5-12(16)13(17)7-10/h2-7H,1H3. The summed E-state index contributed by atoms with van der Waals surface area (Å²) in [6, 6.07) is 7.85. The van der Waals surface area contributed by atoms with Crippen molar-refractivity contribution < 1.29 is 13.6 Å². The Morgan fingerprint density at radius 2 is 1.61 bits per heavy atom.